The van der Waals surface area contributed by atoms with Crippen LogP contribution in [0.25, 0.3) is 0 Å². The number of amides is 1. The van der Waals surface area contributed by atoms with Gasteiger partial charge in [-0.05, 0) is 19.8 Å². The van der Waals surface area contributed by atoms with Crippen molar-refractivity contribution in [1.29, 1.82) is 0 Å². The number of aliphatic carboxylic acids is 1. The summed E-state index contributed by atoms with van der Waals surface area (Å²) in [6.45, 7) is 3.28. The third-order valence-electron chi connectivity index (χ3n) is 3.14. The zero-order valence-corrected chi connectivity index (χ0v) is 10.4. The van der Waals surface area contributed by atoms with Crippen LogP contribution < -0.4 is 5.32 Å². The van der Waals surface area contributed by atoms with E-state index in [1.807, 2.05) is 4.90 Å². The lowest BCUT2D eigenvalue weighted by Gasteiger charge is -2.25. The van der Waals surface area contributed by atoms with Crippen molar-refractivity contribution in [3.05, 3.63) is 0 Å². The van der Waals surface area contributed by atoms with Gasteiger partial charge in [0.2, 0.25) is 5.91 Å². The second-order valence-electron chi connectivity index (χ2n) is 4.59. The van der Waals surface area contributed by atoms with Crippen molar-refractivity contribution in [2.24, 2.45) is 0 Å². The van der Waals surface area contributed by atoms with Gasteiger partial charge < -0.3 is 10.0 Å². The maximum Gasteiger partial charge on any atom is 0.320 e. The molecule has 0 saturated carbocycles. The maximum absolute atomic E-state index is 11.9. The van der Waals surface area contributed by atoms with Gasteiger partial charge in [-0.3, -0.25) is 14.9 Å². The van der Waals surface area contributed by atoms with E-state index in [-0.39, 0.29) is 12.5 Å². The highest BCUT2D eigenvalue weighted by molar-refractivity contribution is 5.79. The van der Waals surface area contributed by atoms with Crippen molar-refractivity contribution in [2.75, 3.05) is 19.6 Å². The van der Waals surface area contributed by atoms with Crippen LogP contribution in [0.4, 0.5) is 0 Å². The van der Waals surface area contributed by atoms with E-state index < -0.39 is 12.0 Å². The molecule has 1 aliphatic rings. The summed E-state index contributed by atoms with van der Waals surface area (Å²) in [4.78, 5) is 24.3. The lowest BCUT2D eigenvalue weighted by Crippen LogP contribution is -2.44. The van der Waals surface area contributed by atoms with Gasteiger partial charge in [0.15, 0.2) is 0 Å². The van der Waals surface area contributed by atoms with Gasteiger partial charge in [0.1, 0.15) is 6.04 Å². The molecule has 0 aromatic heterocycles. The van der Waals surface area contributed by atoms with Gasteiger partial charge in [-0.2, -0.15) is 0 Å². The van der Waals surface area contributed by atoms with Crippen LogP contribution in [0.3, 0.4) is 0 Å². The lowest BCUT2D eigenvalue weighted by molar-refractivity contribution is -0.139. The lowest BCUT2D eigenvalue weighted by atomic mass is 10.1. The Morgan fingerprint density at radius 2 is 1.71 bits per heavy atom. The number of nitrogens with zero attached hydrogens (tertiary/aromatic N) is 1. The van der Waals surface area contributed by atoms with Crippen LogP contribution in [-0.4, -0.2) is 47.6 Å². The minimum atomic E-state index is -0.925. The average Bonchev–Trinajstić information content (AvgIpc) is 2.24. The molecule has 0 aromatic carbocycles. The largest absolute Gasteiger partial charge is 0.480 e. The van der Waals surface area contributed by atoms with Gasteiger partial charge in [-0.25, -0.2) is 0 Å². The summed E-state index contributed by atoms with van der Waals surface area (Å²) in [6, 6.07) is -0.672. The van der Waals surface area contributed by atoms with E-state index in [1.165, 1.54) is 19.3 Å². The van der Waals surface area contributed by atoms with Crippen LogP contribution >= 0.6 is 0 Å². The highest BCUT2D eigenvalue weighted by Crippen LogP contribution is 2.10. The Kier molecular flexibility index (Phi) is 5.97. The van der Waals surface area contributed by atoms with Gasteiger partial charge in [0.25, 0.3) is 0 Å². The monoisotopic (exact) mass is 242 g/mol. The first kappa shape index (κ1) is 14.0. The second-order valence-corrected chi connectivity index (χ2v) is 4.59. The van der Waals surface area contributed by atoms with E-state index in [2.05, 4.69) is 5.32 Å². The Labute approximate surface area is 102 Å². The van der Waals surface area contributed by atoms with Crippen LogP contribution in [-0.2, 0) is 9.59 Å². The fourth-order valence-corrected chi connectivity index (χ4v) is 1.94. The fourth-order valence-electron chi connectivity index (χ4n) is 1.94. The van der Waals surface area contributed by atoms with E-state index in [9.17, 15) is 9.59 Å². The van der Waals surface area contributed by atoms with E-state index in [0.29, 0.717) is 0 Å². The molecule has 17 heavy (non-hydrogen) atoms. The van der Waals surface area contributed by atoms with Crippen LogP contribution in [0.15, 0.2) is 0 Å². The molecule has 98 valence electrons. The average molecular weight is 242 g/mol. The molecule has 0 spiro atoms. The SMILES string of the molecule is C[C@H](NCC(=O)N1CCCCCCC1)C(=O)O. The molecule has 0 aliphatic carbocycles. The molecule has 0 aromatic rings. The second kappa shape index (κ2) is 7.27. The summed E-state index contributed by atoms with van der Waals surface area (Å²) in [5, 5.41) is 11.4. The molecule has 5 heteroatoms. The molecular weight excluding hydrogens is 220 g/mol. The minimum absolute atomic E-state index is 0.0139. The van der Waals surface area contributed by atoms with Crippen molar-refractivity contribution in [1.82, 2.24) is 10.2 Å². The summed E-state index contributed by atoms with van der Waals surface area (Å²) >= 11 is 0. The number of likely N-dealkylation sites (tertiary alicyclic amines) is 1. The van der Waals surface area contributed by atoms with Gasteiger partial charge in [-0.15, -0.1) is 0 Å². The maximum atomic E-state index is 11.9. The first-order valence-corrected chi connectivity index (χ1v) is 6.35. The number of carbonyl (C=O) groups excluding carboxylic acids is 1. The van der Waals surface area contributed by atoms with Gasteiger partial charge in [0.05, 0.1) is 6.54 Å². The van der Waals surface area contributed by atoms with E-state index >= 15 is 0 Å². The highest BCUT2D eigenvalue weighted by atomic mass is 16.4. The van der Waals surface area contributed by atoms with Crippen molar-refractivity contribution in [3.8, 4) is 0 Å². The molecule has 0 unspecified atom stereocenters. The molecule has 1 atom stereocenters. The highest BCUT2D eigenvalue weighted by Gasteiger charge is 2.17. The number of carbonyl (C=O) groups is 2. The summed E-state index contributed by atoms with van der Waals surface area (Å²) < 4.78 is 0. The van der Waals surface area contributed by atoms with Crippen LogP contribution in [0, 0.1) is 0 Å². The predicted molar refractivity (Wildman–Crippen MR) is 64.8 cm³/mol. The molecule has 1 amide bonds. The summed E-state index contributed by atoms with van der Waals surface area (Å²) in [5.41, 5.74) is 0. The first-order chi connectivity index (χ1) is 8.11. The minimum Gasteiger partial charge on any atom is -0.480 e. The molecule has 0 bridgehead atoms. The molecule has 1 heterocycles. The van der Waals surface area contributed by atoms with Crippen molar-refractivity contribution in [2.45, 2.75) is 45.1 Å². The van der Waals surface area contributed by atoms with Gasteiger partial charge in [0, 0.05) is 13.1 Å². The quantitative estimate of drug-likeness (QED) is 0.766. The predicted octanol–water partition coefficient (Wildman–Crippen LogP) is 0.842. The Balaban J connectivity index is 2.32. The Morgan fingerprint density at radius 1 is 1.18 bits per heavy atom. The van der Waals surface area contributed by atoms with Gasteiger partial charge >= 0.3 is 5.97 Å². The Morgan fingerprint density at radius 3 is 2.24 bits per heavy atom. The number of nitrogens with one attached hydrogen (secondary N) is 1. The summed E-state index contributed by atoms with van der Waals surface area (Å²) in [6.07, 6.45) is 5.74. The van der Waals surface area contributed by atoms with E-state index in [1.54, 1.807) is 6.92 Å². The number of hydrogen-bond donors (Lipinski definition) is 2. The number of rotatable bonds is 4. The zero-order valence-electron chi connectivity index (χ0n) is 10.4. The molecular formula is C12H22N2O3. The smallest absolute Gasteiger partial charge is 0.320 e. The summed E-state index contributed by atoms with van der Waals surface area (Å²) in [5.74, 6) is -0.912. The summed E-state index contributed by atoms with van der Waals surface area (Å²) in [7, 11) is 0. The molecule has 1 saturated heterocycles. The third kappa shape index (κ3) is 5.17. The molecule has 2 N–H and O–H groups in total. The molecule has 1 aliphatic heterocycles. The number of carboxylic acids is 1. The molecule has 5 nitrogen and oxygen atoms in total. The fraction of sp³-hybridized carbons (Fsp3) is 0.833. The third-order valence-corrected chi connectivity index (χ3v) is 3.14. The normalized spacial score (nSPS) is 19.2. The molecule has 1 fully saturated rings. The zero-order chi connectivity index (χ0) is 12.7. The number of carboxylic acid groups (broad SMARTS) is 1. The Bertz CT molecular complexity index is 260. The van der Waals surface area contributed by atoms with Crippen LogP contribution in [0.2, 0.25) is 0 Å². The molecule has 0 radical (unpaired) electrons. The van der Waals surface area contributed by atoms with Crippen LogP contribution in [0.1, 0.15) is 39.0 Å². The first-order valence-electron chi connectivity index (χ1n) is 6.35. The van der Waals surface area contributed by atoms with Gasteiger partial charge in [-0.1, -0.05) is 19.3 Å². The van der Waals surface area contributed by atoms with Crippen LogP contribution in [0.5, 0.6) is 0 Å². The standard InChI is InChI=1S/C12H22N2O3/c1-10(12(16)17)13-9-11(15)14-7-5-3-2-4-6-8-14/h10,13H,2-9H2,1H3,(H,16,17)/t10-/m0/s1. The molecule has 1 rings (SSSR count). The number of hydrogen-bond acceptors (Lipinski definition) is 3. The van der Waals surface area contributed by atoms with Crippen molar-refractivity contribution < 1.29 is 14.7 Å². The van der Waals surface area contributed by atoms with Crippen molar-refractivity contribution >= 4 is 11.9 Å². The van der Waals surface area contributed by atoms with Crippen molar-refractivity contribution in [3.63, 3.8) is 0 Å². The Hall–Kier alpha value is -1.10. The van der Waals surface area contributed by atoms with E-state index in [0.717, 1.165) is 25.9 Å². The topological polar surface area (TPSA) is 69.6 Å². The van der Waals surface area contributed by atoms with E-state index in [4.69, 9.17) is 5.11 Å².